The van der Waals surface area contributed by atoms with Crippen molar-refractivity contribution in [3.05, 3.63) is 11.3 Å². The second-order valence-electron chi connectivity index (χ2n) is 5.06. The largest absolute Gasteiger partial charge is 0.391 e. The topological polar surface area (TPSA) is 41.3 Å². The van der Waals surface area contributed by atoms with E-state index in [1.165, 1.54) is 12.8 Å². The van der Waals surface area contributed by atoms with Gasteiger partial charge in [0.1, 0.15) is 5.82 Å². The second-order valence-corrected chi connectivity index (χ2v) is 5.06. The van der Waals surface area contributed by atoms with E-state index in [-0.39, 0.29) is 6.61 Å². The van der Waals surface area contributed by atoms with Crippen molar-refractivity contribution in [1.29, 1.82) is 0 Å². The Hall–Kier alpha value is -1.03. The van der Waals surface area contributed by atoms with Gasteiger partial charge in [-0.15, -0.1) is 0 Å². The smallest absolute Gasteiger partial charge is 0.132 e. The van der Waals surface area contributed by atoms with Crippen LogP contribution in [0.1, 0.15) is 37.4 Å². The third kappa shape index (κ3) is 2.63. The van der Waals surface area contributed by atoms with E-state index in [4.69, 9.17) is 0 Å². The van der Waals surface area contributed by atoms with Crippen LogP contribution in [0.5, 0.6) is 0 Å². The number of aromatic nitrogens is 2. The number of anilines is 1. The molecule has 0 aliphatic heterocycles. The lowest BCUT2D eigenvalue weighted by atomic mass is 10.2. The molecule has 0 spiro atoms. The molecule has 1 N–H and O–H groups in total. The highest BCUT2D eigenvalue weighted by atomic mass is 16.3. The summed E-state index contributed by atoms with van der Waals surface area (Å²) in [6, 6.07) is 0. The fraction of sp³-hybridized carbons (Fsp3) is 0.769. The Morgan fingerprint density at radius 1 is 1.47 bits per heavy atom. The molecule has 0 unspecified atom stereocenters. The molecule has 1 aromatic heterocycles. The number of hydrogen-bond acceptors (Lipinski definition) is 3. The van der Waals surface area contributed by atoms with Gasteiger partial charge in [0.15, 0.2) is 0 Å². The third-order valence-electron chi connectivity index (χ3n) is 3.44. The van der Waals surface area contributed by atoms with E-state index in [0.29, 0.717) is 0 Å². The van der Waals surface area contributed by atoms with E-state index in [1.807, 2.05) is 18.7 Å². The number of aryl methyl sites for hydroxylation is 2. The van der Waals surface area contributed by atoms with E-state index in [1.54, 1.807) is 0 Å². The molecule has 1 aromatic rings. The Balaban J connectivity index is 2.26. The van der Waals surface area contributed by atoms with Crippen LogP contribution in [0.25, 0.3) is 0 Å². The molecule has 2 rings (SSSR count). The third-order valence-corrected chi connectivity index (χ3v) is 3.44. The molecular formula is C13H23N3O. The summed E-state index contributed by atoms with van der Waals surface area (Å²) in [5.74, 6) is 1.96. The Kier molecular flexibility index (Phi) is 3.72. The lowest BCUT2D eigenvalue weighted by Gasteiger charge is -2.25. The van der Waals surface area contributed by atoms with Gasteiger partial charge in [0, 0.05) is 25.7 Å². The van der Waals surface area contributed by atoms with Crippen molar-refractivity contribution >= 4 is 5.82 Å². The van der Waals surface area contributed by atoms with E-state index >= 15 is 0 Å². The zero-order chi connectivity index (χ0) is 12.4. The minimum atomic E-state index is 0.0832. The van der Waals surface area contributed by atoms with Gasteiger partial charge in [-0.1, -0.05) is 6.92 Å². The van der Waals surface area contributed by atoms with Gasteiger partial charge in [0.2, 0.25) is 0 Å². The zero-order valence-corrected chi connectivity index (χ0v) is 11.1. The van der Waals surface area contributed by atoms with Crippen LogP contribution in [0.15, 0.2) is 0 Å². The van der Waals surface area contributed by atoms with Crippen molar-refractivity contribution in [1.82, 2.24) is 9.78 Å². The molecule has 1 aliphatic carbocycles. The fourth-order valence-electron chi connectivity index (χ4n) is 2.44. The lowest BCUT2D eigenvalue weighted by Crippen LogP contribution is -2.29. The van der Waals surface area contributed by atoms with E-state index in [9.17, 15) is 5.11 Å². The predicted molar refractivity (Wildman–Crippen MR) is 69.1 cm³/mol. The first-order valence-corrected chi connectivity index (χ1v) is 6.55. The molecule has 0 bridgehead atoms. The summed E-state index contributed by atoms with van der Waals surface area (Å²) in [6.45, 7) is 6.40. The van der Waals surface area contributed by atoms with Gasteiger partial charge in [-0.2, -0.15) is 5.10 Å². The molecule has 0 aromatic carbocycles. The van der Waals surface area contributed by atoms with E-state index < -0.39 is 0 Å². The van der Waals surface area contributed by atoms with Crippen molar-refractivity contribution in [3.8, 4) is 0 Å². The first-order valence-electron chi connectivity index (χ1n) is 6.55. The highest BCUT2D eigenvalue weighted by Gasteiger charge is 2.27. The quantitative estimate of drug-likeness (QED) is 0.821. The van der Waals surface area contributed by atoms with Gasteiger partial charge in [-0.3, -0.25) is 4.68 Å². The minimum Gasteiger partial charge on any atom is -0.391 e. The van der Waals surface area contributed by atoms with Gasteiger partial charge < -0.3 is 10.0 Å². The summed E-state index contributed by atoms with van der Waals surface area (Å²) in [5.41, 5.74) is 1.93. The summed E-state index contributed by atoms with van der Waals surface area (Å²) in [7, 11) is 1.97. The number of hydrogen-bond donors (Lipinski definition) is 1. The number of rotatable bonds is 6. The molecule has 4 nitrogen and oxygen atoms in total. The average Bonchev–Trinajstić information content (AvgIpc) is 3.03. The Labute approximate surface area is 103 Å². The molecule has 1 saturated carbocycles. The maximum Gasteiger partial charge on any atom is 0.132 e. The number of aliphatic hydroxyl groups excluding tert-OH is 1. The normalized spacial score (nSPS) is 15.3. The zero-order valence-electron chi connectivity index (χ0n) is 11.1. The lowest BCUT2D eigenvalue weighted by molar-refractivity contribution is 0.281. The van der Waals surface area contributed by atoms with Crippen molar-refractivity contribution in [2.45, 2.75) is 39.7 Å². The van der Waals surface area contributed by atoms with Gasteiger partial charge in [0.05, 0.1) is 12.3 Å². The average molecular weight is 237 g/mol. The van der Waals surface area contributed by atoms with Crippen LogP contribution in [-0.2, 0) is 13.7 Å². The highest BCUT2D eigenvalue weighted by Crippen LogP contribution is 2.33. The highest BCUT2D eigenvalue weighted by molar-refractivity contribution is 5.50. The summed E-state index contributed by atoms with van der Waals surface area (Å²) in [4.78, 5) is 2.39. The van der Waals surface area contributed by atoms with Crippen LogP contribution in [0.3, 0.4) is 0 Å². The second kappa shape index (κ2) is 5.08. The molecule has 1 heterocycles. The molecule has 96 valence electrons. The summed E-state index contributed by atoms with van der Waals surface area (Å²) < 4.78 is 1.92. The first-order chi connectivity index (χ1) is 8.17. The molecule has 1 fully saturated rings. The molecular weight excluding hydrogens is 214 g/mol. The Morgan fingerprint density at radius 3 is 2.71 bits per heavy atom. The van der Waals surface area contributed by atoms with Crippen LogP contribution in [0.4, 0.5) is 5.82 Å². The van der Waals surface area contributed by atoms with Crippen LogP contribution < -0.4 is 4.90 Å². The van der Waals surface area contributed by atoms with Crippen molar-refractivity contribution in [2.75, 3.05) is 18.0 Å². The fourth-order valence-corrected chi connectivity index (χ4v) is 2.44. The van der Waals surface area contributed by atoms with Crippen molar-refractivity contribution < 1.29 is 5.11 Å². The van der Waals surface area contributed by atoms with Crippen molar-refractivity contribution in [2.24, 2.45) is 13.0 Å². The van der Waals surface area contributed by atoms with E-state index in [0.717, 1.165) is 42.5 Å². The summed E-state index contributed by atoms with van der Waals surface area (Å²) >= 11 is 0. The molecule has 17 heavy (non-hydrogen) atoms. The van der Waals surface area contributed by atoms with Crippen LogP contribution in [0, 0.1) is 12.8 Å². The van der Waals surface area contributed by atoms with E-state index in [2.05, 4.69) is 16.9 Å². The van der Waals surface area contributed by atoms with Gasteiger partial charge in [-0.25, -0.2) is 0 Å². The predicted octanol–water partition coefficient (Wildman–Crippen LogP) is 1.85. The molecule has 0 amide bonds. The monoisotopic (exact) mass is 237 g/mol. The van der Waals surface area contributed by atoms with Crippen LogP contribution in [0.2, 0.25) is 0 Å². The van der Waals surface area contributed by atoms with Crippen molar-refractivity contribution in [3.63, 3.8) is 0 Å². The van der Waals surface area contributed by atoms with Gasteiger partial charge in [0.25, 0.3) is 0 Å². The Bertz CT molecular complexity index is 382. The molecule has 0 saturated heterocycles. The number of nitrogens with zero attached hydrogens (tertiary/aromatic N) is 3. The molecule has 0 atom stereocenters. The minimum absolute atomic E-state index is 0.0832. The van der Waals surface area contributed by atoms with Gasteiger partial charge >= 0.3 is 0 Å². The number of aliphatic hydroxyl groups is 1. The standard InChI is InChI=1S/C13H23N3O/c1-4-7-16(8-11-5-6-11)13-12(9-17)10(2)14-15(13)3/h11,17H,4-9H2,1-3H3. The summed E-state index contributed by atoms with van der Waals surface area (Å²) in [5, 5.41) is 13.9. The van der Waals surface area contributed by atoms with Crippen LogP contribution >= 0.6 is 0 Å². The van der Waals surface area contributed by atoms with Crippen LogP contribution in [-0.4, -0.2) is 28.0 Å². The molecule has 4 heteroatoms. The van der Waals surface area contributed by atoms with Gasteiger partial charge in [-0.05, 0) is 32.1 Å². The molecule has 0 radical (unpaired) electrons. The molecule has 1 aliphatic rings. The maximum absolute atomic E-state index is 9.50. The summed E-state index contributed by atoms with van der Waals surface area (Å²) in [6.07, 6.45) is 3.83. The SMILES string of the molecule is CCCN(CC1CC1)c1c(CO)c(C)nn1C. The first kappa shape index (κ1) is 12.4. The Morgan fingerprint density at radius 2 is 2.18 bits per heavy atom. The maximum atomic E-state index is 9.50.